The Morgan fingerprint density at radius 2 is 1.76 bits per heavy atom. The van der Waals surface area contributed by atoms with E-state index in [4.69, 9.17) is 0 Å². The van der Waals surface area contributed by atoms with E-state index in [1.165, 1.54) is 43.2 Å². The molecule has 0 unspecified atom stereocenters. The standard InChI is InChI=1S/C18H28N2O/c1-3-14-9-8-10-15(4-2)18(14)20-17(21)13-19-16-11-6-5-7-12-16/h8-10,16,19H,3-7,11-13H2,1-2H3,(H,20,21)/p+1. The van der Waals surface area contributed by atoms with Gasteiger partial charge in [-0.15, -0.1) is 0 Å². The molecule has 3 N–H and O–H groups in total. The number of quaternary nitrogens is 1. The van der Waals surface area contributed by atoms with E-state index in [1.54, 1.807) is 0 Å². The van der Waals surface area contributed by atoms with Crippen LogP contribution in [0.3, 0.4) is 0 Å². The number of rotatable bonds is 6. The summed E-state index contributed by atoms with van der Waals surface area (Å²) in [5, 5.41) is 5.38. The number of hydrogen-bond donors (Lipinski definition) is 2. The van der Waals surface area contributed by atoms with Crippen LogP contribution < -0.4 is 10.6 Å². The van der Waals surface area contributed by atoms with Crippen LogP contribution in [0.25, 0.3) is 0 Å². The van der Waals surface area contributed by atoms with Gasteiger partial charge in [-0.3, -0.25) is 4.79 Å². The maximum Gasteiger partial charge on any atom is 0.279 e. The second kappa shape index (κ2) is 8.18. The first-order chi connectivity index (χ1) is 10.2. The molecule has 116 valence electrons. The molecule has 0 atom stereocenters. The molecule has 1 aliphatic rings. The molecule has 0 aliphatic heterocycles. The van der Waals surface area contributed by atoms with Crippen LogP contribution in [0.4, 0.5) is 5.69 Å². The zero-order valence-corrected chi connectivity index (χ0v) is 13.5. The smallest absolute Gasteiger partial charge is 0.279 e. The van der Waals surface area contributed by atoms with E-state index in [9.17, 15) is 4.79 Å². The lowest BCUT2D eigenvalue weighted by molar-refractivity contribution is -0.681. The van der Waals surface area contributed by atoms with Gasteiger partial charge < -0.3 is 10.6 Å². The zero-order chi connectivity index (χ0) is 15.1. The number of para-hydroxylation sites is 1. The summed E-state index contributed by atoms with van der Waals surface area (Å²) in [6.07, 6.45) is 8.44. The molecule has 3 nitrogen and oxygen atoms in total. The minimum Gasteiger partial charge on any atom is -0.336 e. The molecule has 1 saturated carbocycles. The number of aryl methyl sites for hydroxylation is 2. The monoisotopic (exact) mass is 289 g/mol. The van der Waals surface area contributed by atoms with Gasteiger partial charge >= 0.3 is 0 Å². The van der Waals surface area contributed by atoms with Crippen LogP contribution in [0.5, 0.6) is 0 Å². The van der Waals surface area contributed by atoms with Crippen LogP contribution in [0, 0.1) is 0 Å². The van der Waals surface area contributed by atoms with E-state index in [-0.39, 0.29) is 5.91 Å². The van der Waals surface area contributed by atoms with Crippen molar-refractivity contribution in [2.75, 3.05) is 11.9 Å². The van der Waals surface area contributed by atoms with Crippen molar-refractivity contribution >= 4 is 11.6 Å². The molecule has 1 aromatic rings. The third kappa shape index (κ3) is 4.57. The van der Waals surface area contributed by atoms with Crippen LogP contribution >= 0.6 is 0 Å². The summed E-state index contributed by atoms with van der Waals surface area (Å²) in [5.41, 5.74) is 3.52. The van der Waals surface area contributed by atoms with Crippen LogP contribution in [0.15, 0.2) is 18.2 Å². The lowest BCUT2D eigenvalue weighted by atomic mass is 9.95. The minimum absolute atomic E-state index is 0.135. The second-order valence-electron chi connectivity index (χ2n) is 6.04. The number of nitrogens with one attached hydrogen (secondary N) is 1. The van der Waals surface area contributed by atoms with Crippen molar-refractivity contribution in [1.82, 2.24) is 0 Å². The summed E-state index contributed by atoms with van der Waals surface area (Å²) in [7, 11) is 0. The van der Waals surface area contributed by atoms with Gasteiger partial charge in [0.2, 0.25) is 0 Å². The van der Waals surface area contributed by atoms with E-state index in [0.717, 1.165) is 18.5 Å². The minimum atomic E-state index is 0.135. The Morgan fingerprint density at radius 3 is 2.33 bits per heavy atom. The van der Waals surface area contributed by atoms with Crippen molar-refractivity contribution in [2.45, 2.75) is 64.8 Å². The lowest BCUT2D eigenvalue weighted by Gasteiger charge is -2.20. The molecule has 1 aliphatic carbocycles. The van der Waals surface area contributed by atoms with Crippen molar-refractivity contribution in [3.63, 3.8) is 0 Å². The summed E-state index contributed by atoms with van der Waals surface area (Å²) in [5.74, 6) is 0.135. The van der Waals surface area contributed by atoms with Crippen molar-refractivity contribution in [2.24, 2.45) is 0 Å². The highest BCUT2D eigenvalue weighted by Crippen LogP contribution is 2.22. The predicted octanol–water partition coefficient (Wildman–Crippen LogP) is 2.65. The maximum absolute atomic E-state index is 12.2. The van der Waals surface area contributed by atoms with Gasteiger partial charge in [-0.1, -0.05) is 38.5 Å². The first-order valence-electron chi connectivity index (χ1n) is 8.48. The number of benzene rings is 1. The second-order valence-corrected chi connectivity index (χ2v) is 6.04. The fourth-order valence-electron chi connectivity index (χ4n) is 3.24. The fourth-order valence-corrected chi connectivity index (χ4v) is 3.24. The molecule has 3 heteroatoms. The van der Waals surface area contributed by atoms with Gasteiger partial charge in [0.25, 0.3) is 5.91 Å². The van der Waals surface area contributed by atoms with Gasteiger partial charge in [0.15, 0.2) is 6.54 Å². The quantitative estimate of drug-likeness (QED) is 0.831. The Labute approximate surface area is 128 Å². The number of carbonyl (C=O) groups is 1. The van der Waals surface area contributed by atoms with Crippen LogP contribution in [-0.4, -0.2) is 18.5 Å². The van der Waals surface area contributed by atoms with Gasteiger partial charge in [0.05, 0.1) is 6.04 Å². The Kier molecular flexibility index (Phi) is 6.24. The fraction of sp³-hybridized carbons (Fsp3) is 0.611. The Hall–Kier alpha value is -1.35. The average molecular weight is 289 g/mol. The first-order valence-corrected chi connectivity index (χ1v) is 8.48. The van der Waals surface area contributed by atoms with Crippen molar-refractivity contribution in [3.8, 4) is 0 Å². The molecule has 0 spiro atoms. The zero-order valence-electron chi connectivity index (χ0n) is 13.5. The molecule has 0 aromatic heterocycles. The molecule has 2 rings (SSSR count). The Bertz CT molecular complexity index is 442. The Balaban J connectivity index is 1.92. The molecular formula is C18H29N2O+. The molecule has 1 fully saturated rings. The third-order valence-electron chi connectivity index (χ3n) is 4.55. The summed E-state index contributed by atoms with van der Waals surface area (Å²) in [6.45, 7) is 4.82. The highest BCUT2D eigenvalue weighted by molar-refractivity contribution is 5.93. The Morgan fingerprint density at radius 1 is 1.14 bits per heavy atom. The number of anilines is 1. The van der Waals surface area contributed by atoms with E-state index in [2.05, 4.69) is 42.7 Å². The van der Waals surface area contributed by atoms with Gasteiger partial charge in [-0.2, -0.15) is 0 Å². The van der Waals surface area contributed by atoms with Crippen LogP contribution in [-0.2, 0) is 17.6 Å². The maximum atomic E-state index is 12.2. The van der Waals surface area contributed by atoms with E-state index in [1.807, 2.05) is 0 Å². The normalized spacial score (nSPS) is 15.9. The molecule has 1 amide bonds. The third-order valence-corrected chi connectivity index (χ3v) is 4.55. The average Bonchev–Trinajstić information content (AvgIpc) is 2.54. The number of amides is 1. The van der Waals surface area contributed by atoms with Crippen molar-refractivity contribution in [3.05, 3.63) is 29.3 Å². The van der Waals surface area contributed by atoms with E-state index in [0.29, 0.717) is 12.6 Å². The van der Waals surface area contributed by atoms with Gasteiger partial charge in [-0.05, 0) is 49.7 Å². The SMILES string of the molecule is CCc1cccc(CC)c1NC(=O)C[NH2+]C1CCCCC1. The lowest BCUT2D eigenvalue weighted by Crippen LogP contribution is -2.91. The molecule has 21 heavy (non-hydrogen) atoms. The predicted molar refractivity (Wildman–Crippen MR) is 87.5 cm³/mol. The molecule has 0 bridgehead atoms. The highest BCUT2D eigenvalue weighted by atomic mass is 16.1. The van der Waals surface area contributed by atoms with Crippen LogP contribution in [0.1, 0.15) is 57.1 Å². The molecule has 1 aromatic carbocycles. The van der Waals surface area contributed by atoms with Crippen LogP contribution in [0.2, 0.25) is 0 Å². The summed E-state index contributed by atoms with van der Waals surface area (Å²) < 4.78 is 0. The van der Waals surface area contributed by atoms with E-state index >= 15 is 0 Å². The summed E-state index contributed by atoms with van der Waals surface area (Å²) >= 11 is 0. The summed E-state index contributed by atoms with van der Waals surface area (Å²) in [4.78, 5) is 12.2. The molecule has 0 saturated heterocycles. The topological polar surface area (TPSA) is 45.7 Å². The summed E-state index contributed by atoms with van der Waals surface area (Å²) in [6, 6.07) is 6.96. The van der Waals surface area contributed by atoms with E-state index < -0.39 is 0 Å². The van der Waals surface area contributed by atoms with Gasteiger partial charge in [0.1, 0.15) is 0 Å². The molecule has 0 heterocycles. The highest BCUT2D eigenvalue weighted by Gasteiger charge is 2.18. The van der Waals surface area contributed by atoms with Gasteiger partial charge in [-0.25, -0.2) is 0 Å². The van der Waals surface area contributed by atoms with Crippen molar-refractivity contribution < 1.29 is 10.1 Å². The first kappa shape index (κ1) is 16.0. The molecule has 0 radical (unpaired) electrons. The number of hydrogen-bond acceptors (Lipinski definition) is 1. The number of nitrogens with two attached hydrogens (primary N) is 1. The van der Waals surface area contributed by atoms with Crippen molar-refractivity contribution in [1.29, 1.82) is 0 Å². The molecular weight excluding hydrogens is 260 g/mol. The van der Waals surface area contributed by atoms with Gasteiger partial charge in [0, 0.05) is 5.69 Å². The number of carbonyl (C=O) groups excluding carboxylic acids is 1. The largest absolute Gasteiger partial charge is 0.336 e.